The van der Waals surface area contributed by atoms with Gasteiger partial charge in [-0.15, -0.1) is 0 Å². The standard InChI is InChI=1S/4C4H9.2C2H4O4.2C2H6S2.2CH3O.2Sn/c4*1-3-4-2;2*3-1-2(4)6-5;2*3-1-2-4;2*1-2;;/h4*1,3-4H2,2H3;2*3,5H,1H2;2*3-4H,1-2H2;2*1H3;;/q;;;;;;;;2*-1;2*+2/p-2. The van der Waals surface area contributed by atoms with E-state index in [1.807, 2.05) is 14.2 Å². The second-order valence-electron chi connectivity index (χ2n) is 8.02. The van der Waals surface area contributed by atoms with Gasteiger partial charge < -0.3 is 30.5 Å². The van der Waals surface area contributed by atoms with Crippen molar-refractivity contribution >= 4 is 103 Å². The average molecular weight is 898 g/mol. The van der Waals surface area contributed by atoms with Gasteiger partial charge in [-0.05, 0) is 23.0 Å². The van der Waals surface area contributed by atoms with Gasteiger partial charge in [-0.1, -0.05) is 0 Å². The fraction of sp³-hybridized carbons (Fsp3) is 0.923. The number of carbonyl (C=O) groups excluding carboxylic acids is 2. The maximum Gasteiger partial charge on any atom is 0.326 e. The van der Waals surface area contributed by atoms with Gasteiger partial charge >= 0.3 is 169 Å². The van der Waals surface area contributed by atoms with Crippen molar-refractivity contribution in [2.24, 2.45) is 0 Å². The zero-order chi connectivity index (χ0) is 33.9. The Labute approximate surface area is 293 Å². The maximum atomic E-state index is 9.40. The predicted molar refractivity (Wildman–Crippen MR) is 186 cm³/mol. The van der Waals surface area contributed by atoms with Crippen LogP contribution >= 0.6 is 50.5 Å². The molecule has 10 nitrogen and oxygen atoms in total. The summed E-state index contributed by atoms with van der Waals surface area (Å²) in [5.74, 6) is 1.20. The van der Waals surface area contributed by atoms with Crippen LogP contribution in [0.2, 0.25) is 17.7 Å². The zero-order valence-electron chi connectivity index (χ0n) is 26.7. The largest absolute Gasteiger partial charge is 0.662 e. The second kappa shape index (κ2) is 58.3. The number of thiol groups is 4. The fourth-order valence-corrected chi connectivity index (χ4v) is 14.5. The smallest absolute Gasteiger partial charge is 0.326 e. The summed E-state index contributed by atoms with van der Waals surface area (Å²) in [6.07, 6.45) is 10.9. The van der Waals surface area contributed by atoms with Crippen LogP contribution in [0.25, 0.3) is 0 Å². The molecule has 0 aromatic rings. The van der Waals surface area contributed by atoms with E-state index in [4.69, 9.17) is 26.9 Å². The van der Waals surface area contributed by atoms with Gasteiger partial charge in [-0.3, -0.25) is 0 Å². The van der Waals surface area contributed by atoms with Crippen LogP contribution in [0.5, 0.6) is 0 Å². The molecule has 42 heavy (non-hydrogen) atoms. The normalized spacial score (nSPS) is 8.90. The van der Waals surface area contributed by atoms with Gasteiger partial charge in [0, 0.05) is 0 Å². The molecule has 0 aliphatic rings. The van der Waals surface area contributed by atoms with E-state index in [0.29, 0.717) is 0 Å². The Morgan fingerprint density at radius 2 is 0.786 bits per heavy atom. The van der Waals surface area contributed by atoms with Crippen molar-refractivity contribution in [1.82, 2.24) is 0 Å². The number of aliphatic hydroxyl groups is 2. The van der Waals surface area contributed by atoms with Gasteiger partial charge in [0.2, 0.25) is 0 Å². The van der Waals surface area contributed by atoms with Gasteiger partial charge in [-0.2, -0.15) is 50.5 Å². The number of hydrogen-bond acceptors (Lipinski definition) is 14. The van der Waals surface area contributed by atoms with Crippen LogP contribution in [-0.2, 0) is 25.5 Å². The summed E-state index contributed by atoms with van der Waals surface area (Å²) >= 11 is 12.8. The van der Waals surface area contributed by atoms with Crippen molar-refractivity contribution in [3.8, 4) is 0 Å². The third kappa shape index (κ3) is 68.7. The average Bonchev–Trinajstić information content (AvgIpc) is 3.05. The Balaban J connectivity index is -0.0000000973. The number of unbranched alkanes of at least 4 members (excludes halogenated alkanes) is 4. The van der Waals surface area contributed by atoms with Crippen molar-refractivity contribution in [3.63, 3.8) is 0 Å². The van der Waals surface area contributed by atoms with E-state index in [1.54, 1.807) is 0 Å². The summed E-state index contributed by atoms with van der Waals surface area (Å²) in [5, 5.41) is 33.0. The molecule has 0 atom stereocenters. The number of rotatable bonds is 18. The van der Waals surface area contributed by atoms with E-state index < -0.39 is 65.5 Å². The van der Waals surface area contributed by atoms with E-state index >= 15 is 0 Å². The molecule has 0 aliphatic heterocycles. The number of carbonyl (C=O) groups is 2. The third-order valence-corrected chi connectivity index (χ3v) is 19.8. The van der Waals surface area contributed by atoms with Gasteiger partial charge in [0.25, 0.3) is 0 Å². The monoisotopic (exact) mass is 900 g/mol. The summed E-state index contributed by atoms with van der Waals surface area (Å²) in [6, 6.07) is 0. The van der Waals surface area contributed by atoms with Crippen LogP contribution in [0.3, 0.4) is 0 Å². The van der Waals surface area contributed by atoms with E-state index in [9.17, 15) is 9.59 Å². The molecule has 0 bridgehead atoms. The van der Waals surface area contributed by atoms with E-state index in [-0.39, 0.29) is 0 Å². The summed E-state index contributed by atoms with van der Waals surface area (Å²) in [7, 11) is 3.83. The van der Waals surface area contributed by atoms with E-state index in [0.717, 1.165) is 23.0 Å². The summed E-state index contributed by atoms with van der Waals surface area (Å²) in [4.78, 5) is 24.3. The van der Waals surface area contributed by atoms with Crippen LogP contribution in [0.1, 0.15) is 79.1 Å². The molecular formula is C26H60O10S4Sn2. The molecule has 0 aliphatic carbocycles. The Morgan fingerprint density at radius 1 is 0.571 bits per heavy atom. The van der Waals surface area contributed by atoms with Crippen molar-refractivity contribution in [2.75, 3.05) is 50.4 Å². The molecule has 0 aromatic carbocycles. The third-order valence-electron chi connectivity index (χ3n) is 4.46. The van der Waals surface area contributed by atoms with E-state index in [1.165, 1.54) is 69.1 Å². The molecule has 2 N–H and O–H groups in total. The van der Waals surface area contributed by atoms with Crippen molar-refractivity contribution in [1.29, 1.82) is 0 Å². The van der Waals surface area contributed by atoms with Gasteiger partial charge in [0.15, 0.2) is 0 Å². The van der Waals surface area contributed by atoms with Crippen molar-refractivity contribution in [2.45, 2.75) is 96.8 Å². The Hall–Kier alpha value is 1.70. The van der Waals surface area contributed by atoms with Crippen LogP contribution in [0.4, 0.5) is 0 Å². The molecule has 0 amide bonds. The first-order valence-electron chi connectivity index (χ1n) is 14.2. The molecule has 0 unspecified atom stereocenters. The van der Waals surface area contributed by atoms with Crippen LogP contribution in [0, 0.1) is 0 Å². The molecule has 0 heterocycles. The Morgan fingerprint density at radius 3 is 0.857 bits per heavy atom. The van der Waals surface area contributed by atoms with Crippen molar-refractivity contribution < 1.29 is 46.2 Å². The summed E-state index contributed by atoms with van der Waals surface area (Å²) < 4.78 is 16.9. The first-order valence-corrected chi connectivity index (χ1v) is 27.2. The molecule has 0 saturated carbocycles. The van der Waals surface area contributed by atoms with Gasteiger partial charge in [0.1, 0.15) is 13.2 Å². The van der Waals surface area contributed by atoms with Gasteiger partial charge in [0.05, 0.1) is 0 Å². The molecule has 0 spiro atoms. The summed E-state index contributed by atoms with van der Waals surface area (Å²) in [6.45, 7) is 7.35. The van der Waals surface area contributed by atoms with E-state index in [2.05, 4.69) is 88.0 Å². The Bertz CT molecular complexity index is 407. The SMILES string of the molecule is CCC[CH2][Sn+]([CH2]CCC)[O]C.CCC[CH2][Sn+]([CH2]CCC)[O]C.O=C(CO)O[O-].O=C(CO)O[O-].SCCS.SCCS. The summed E-state index contributed by atoms with van der Waals surface area (Å²) in [5.41, 5.74) is 0. The first kappa shape index (κ1) is 56.1. The molecule has 0 fully saturated rings. The predicted octanol–water partition coefficient (Wildman–Crippen LogP) is 3.74. The molecule has 0 rings (SSSR count). The van der Waals surface area contributed by atoms with Gasteiger partial charge in [-0.25, -0.2) is 9.59 Å². The molecule has 0 saturated heterocycles. The first-order chi connectivity index (χ1) is 20.1. The molecule has 0 aromatic heterocycles. The molecule has 16 heteroatoms. The van der Waals surface area contributed by atoms with Crippen LogP contribution in [-0.4, -0.2) is 113 Å². The zero-order valence-corrected chi connectivity index (χ0v) is 36.0. The molecule has 0 radical (unpaired) electrons. The minimum absolute atomic E-state index is 0.844. The number of aliphatic hydroxyl groups excluding tert-OH is 2. The van der Waals surface area contributed by atoms with Crippen molar-refractivity contribution in [3.05, 3.63) is 0 Å². The topological polar surface area (TPSA) is 158 Å². The molecule has 256 valence electrons. The minimum atomic E-state index is -1.28. The maximum absolute atomic E-state index is 9.40. The minimum Gasteiger partial charge on any atom is -0.662 e. The fourth-order valence-electron chi connectivity index (χ4n) is 2.21. The van der Waals surface area contributed by atoms with Crippen LogP contribution in [0.15, 0.2) is 0 Å². The molecular weight excluding hydrogens is 838 g/mol. The Kier molecular flexibility index (Phi) is 77.8. The second-order valence-corrected chi connectivity index (χ2v) is 24.0. The number of hydrogen-bond donors (Lipinski definition) is 6. The van der Waals surface area contributed by atoms with Crippen LogP contribution < -0.4 is 10.5 Å². The quantitative estimate of drug-likeness (QED) is 0.0519.